The van der Waals surface area contributed by atoms with E-state index in [0.717, 1.165) is 30.5 Å². The molecule has 3 nitrogen and oxygen atoms in total. The van der Waals surface area contributed by atoms with Crippen molar-refractivity contribution in [3.05, 3.63) is 29.3 Å². The van der Waals surface area contributed by atoms with Gasteiger partial charge in [0.25, 0.3) is 0 Å². The molecule has 1 aromatic rings. The third kappa shape index (κ3) is 5.70. The van der Waals surface area contributed by atoms with E-state index in [1.165, 1.54) is 12.8 Å². The first-order valence-electron chi connectivity index (χ1n) is 8.44. The van der Waals surface area contributed by atoms with Crippen molar-refractivity contribution in [2.75, 3.05) is 5.32 Å². The van der Waals surface area contributed by atoms with Crippen LogP contribution >= 0.6 is 0 Å². The van der Waals surface area contributed by atoms with E-state index in [0.29, 0.717) is 11.5 Å². The number of unbranched alkanes of at least 4 members (excludes halogenated alkanes) is 2. The van der Waals surface area contributed by atoms with Crippen LogP contribution in [0.25, 0.3) is 0 Å². The van der Waals surface area contributed by atoms with Crippen LogP contribution in [0.2, 0.25) is 0 Å². The van der Waals surface area contributed by atoms with Gasteiger partial charge in [-0.25, -0.2) is 4.79 Å². The Balaban J connectivity index is 3.09. The summed E-state index contributed by atoms with van der Waals surface area (Å²) >= 11 is 0. The Kier molecular flexibility index (Phi) is 6.92. The molecule has 0 fully saturated rings. The van der Waals surface area contributed by atoms with Gasteiger partial charge in [-0.2, -0.15) is 0 Å². The van der Waals surface area contributed by atoms with Crippen molar-refractivity contribution in [2.24, 2.45) is 0 Å². The number of carboxylic acids is 1. The van der Waals surface area contributed by atoms with E-state index < -0.39 is 5.97 Å². The van der Waals surface area contributed by atoms with Gasteiger partial charge in [0.15, 0.2) is 0 Å². The number of anilines is 1. The van der Waals surface area contributed by atoms with Crippen molar-refractivity contribution in [3.63, 3.8) is 0 Å². The monoisotopic (exact) mass is 305 g/mol. The Morgan fingerprint density at radius 2 is 1.91 bits per heavy atom. The molecule has 0 aliphatic heterocycles. The van der Waals surface area contributed by atoms with E-state index in [1.54, 1.807) is 6.07 Å². The van der Waals surface area contributed by atoms with Crippen LogP contribution < -0.4 is 5.32 Å². The van der Waals surface area contributed by atoms with Gasteiger partial charge in [-0.1, -0.05) is 33.1 Å². The fourth-order valence-electron chi connectivity index (χ4n) is 2.83. The maximum absolute atomic E-state index is 11.5. The lowest BCUT2D eigenvalue weighted by atomic mass is 9.87. The lowest BCUT2D eigenvalue weighted by Crippen LogP contribution is -2.26. The minimum absolute atomic E-state index is 0.0358. The molecule has 0 spiro atoms. The smallest absolute Gasteiger partial charge is 0.335 e. The average Bonchev–Trinajstić information content (AvgIpc) is 2.41. The van der Waals surface area contributed by atoms with Gasteiger partial charge in [0, 0.05) is 11.2 Å². The zero-order chi connectivity index (χ0) is 16.8. The predicted molar refractivity (Wildman–Crippen MR) is 94.0 cm³/mol. The molecule has 0 aliphatic rings. The summed E-state index contributed by atoms with van der Waals surface area (Å²) in [7, 11) is 0. The number of carboxylic acid groups (broad SMARTS) is 1. The molecule has 0 aliphatic carbocycles. The van der Waals surface area contributed by atoms with E-state index in [-0.39, 0.29) is 5.54 Å². The van der Waals surface area contributed by atoms with Gasteiger partial charge in [-0.05, 0) is 63.3 Å². The normalized spacial score (nSPS) is 13.0. The van der Waals surface area contributed by atoms with Crippen molar-refractivity contribution >= 4 is 11.7 Å². The van der Waals surface area contributed by atoms with Crippen molar-refractivity contribution in [1.29, 1.82) is 0 Å². The minimum atomic E-state index is -0.828. The van der Waals surface area contributed by atoms with Crippen LogP contribution in [0.3, 0.4) is 0 Å². The van der Waals surface area contributed by atoms with E-state index in [2.05, 4.69) is 39.9 Å². The molecule has 0 saturated heterocycles. The number of carbonyl (C=O) groups is 1. The lowest BCUT2D eigenvalue weighted by molar-refractivity contribution is 0.0695. The maximum atomic E-state index is 11.5. The molecular weight excluding hydrogens is 274 g/mol. The Bertz CT molecular complexity index is 489. The molecule has 0 saturated carbocycles. The first kappa shape index (κ1) is 18.5. The predicted octanol–water partition coefficient (Wildman–Crippen LogP) is 5.67. The molecule has 0 bridgehead atoms. The second-order valence-electron chi connectivity index (χ2n) is 7.08. The average molecular weight is 305 g/mol. The van der Waals surface area contributed by atoms with Crippen LogP contribution in [-0.4, -0.2) is 16.6 Å². The number of hydrogen-bond donors (Lipinski definition) is 2. The maximum Gasteiger partial charge on any atom is 0.335 e. The molecule has 124 valence electrons. The van der Waals surface area contributed by atoms with Crippen molar-refractivity contribution in [3.8, 4) is 0 Å². The van der Waals surface area contributed by atoms with Crippen LogP contribution in [-0.2, 0) is 0 Å². The molecule has 22 heavy (non-hydrogen) atoms. The van der Waals surface area contributed by atoms with Gasteiger partial charge in [0.05, 0.1) is 5.56 Å². The molecule has 1 rings (SSSR count). The van der Waals surface area contributed by atoms with Crippen LogP contribution in [0.15, 0.2) is 18.2 Å². The lowest BCUT2D eigenvalue weighted by Gasteiger charge is -2.24. The summed E-state index contributed by atoms with van der Waals surface area (Å²) in [5.74, 6) is -0.509. The van der Waals surface area contributed by atoms with Gasteiger partial charge in [-0.15, -0.1) is 0 Å². The number of benzene rings is 1. The topological polar surface area (TPSA) is 49.3 Å². The fourth-order valence-corrected chi connectivity index (χ4v) is 2.83. The zero-order valence-electron chi connectivity index (χ0n) is 14.7. The van der Waals surface area contributed by atoms with Crippen LogP contribution in [0.4, 0.5) is 5.69 Å². The van der Waals surface area contributed by atoms with Crippen molar-refractivity contribution in [1.82, 2.24) is 0 Å². The third-order valence-electron chi connectivity index (χ3n) is 3.89. The van der Waals surface area contributed by atoms with Crippen LogP contribution in [0.1, 0.15) is 88.6 Å². The number of aromatic carboxylic acids is 1. The molecule has 1 unspecified atom stereocenters. The minimum Gasteiger partial charge on any atom is -0.478 e. The summed E-state index contributed by atoms with van der Waals surface area (Å²) in [5.41, 5.74) is 2.39. The SMILES string of the molecule is CCCCCC(CC)c1cc(NC(C)(C)C)ccc1C(=O)O. The van der Waals surface area contributed by atoms with Gasteiger partial charge < -0.3 is 10.4 Å². The fraction of sp³-hybridized carbons (Fsp3) is 0.632. The molecular formula is C19H31NO2. The van der Waals surface area contributed by atoms with E-state index in [9.17, 15) is 9.90 Å². The Morgan fingerprint density at radius 1 is 1.23 bits per heavy atom. The quantitative estimate of drug-likeness (QED) is 0.608. The number of rotatable bonds is 8. The highest BCUT2D eigenvalue weighted by Gasteiger charge is 2.19. The summed E-state index contributed by atoms with van der Waals surface area (Å²) in [4.78, 5) is 11.5. The Morgan fingerprint density at radius 3 is 2.41 bits per heavy atom. The van der Waals surface area contributed by atoms with E-state index in [4.69, 9.17) is 0 Å². The highest BCUT2D eigenvalue weighted by atomic mass is 16.4. The highest BCUT2D eigenvalue weighted by Crippen LogP contribution is 2.31. The second-order valence-corrected chi connectivity index (χ2v) is 7.08. The van der Waals surface area contributed by atoms with Gasteiger partial charge in [-0.3, -0.25) is 0 Å². The number of hydrogen-bond acceptors (Lipinski definition) is 2. The van der Waals surface area contributed by atoms with Gasteiger partial charge in [0.2, 0.25) is 0 Å². The number of nitrogens with one attached hydrogen (secondary N) is 1. The summed E-state index contributed by atoms with van der Waals surface area (Å²) in [6.07, 6.45) is 5.59. The Labute approximate surface area is 135 Å². The van der Waals surface area contributed by atoms with Crippen molar-refractivity contribution < 1.29 is 9.90 Å². The van der Waals surface area contributed by atoms with E-state index in [1.807, 2.05) is 12.1 Å². The van der Waals surface area contributed by atoms with Gasteiger partial charge in [0.1, 0.15) is 0 Å². The molecule has 2 N–H and O–H groups in total. The summed E-state index contributed by atoms with van der Waals surface area (Å²) < 4.78 is 0. The standard InChI is InChI=1S/C19H31NO2/c1-6-8-9-10-14(7-2)17-13-15(20-19(3,4)5)11-12-16(17)18(21)22/h11-14,20H,6-10H2,1-5H3,(H,21,22). The first-order chi connectivity index (χ1) is 10.3. The molecule has 0 amide bonds. The van der Waals surface area contributed by atoms with Crippen LogP contribution in [0.5, 0.6) is 0 Å². The molecule has 1 atom stereocenters. The first-order valence-corrected chi connectivity index (χ1v) is 8.44. The molecule has 3 heteroatoms. The summed E-state index contributed by atoms with van der Waals surface area (Å²) in [5, 5.41) is 12.9. The summed E-state index contributed by atoms with van der Waals surface area (Å²) in [6.45, 7) is 10.7. The molecule has 0 heterocycles. The molecule has 1 aromatic carbocycles. The molecule has 0 radical (unpaired) electrons. The zero-order valence-corrected chi connectivity index (χ0v) is 14.7. The highest BCUT2D eigenvalue weighted by molar-refractivity contribution is 5.90. The van der Waals surface area contributed by atoms with Gasteiger partial charge >= 0.3 is 5.97 Å². The summed E-state index contributed by atoms with van der Waals surface area (Å²) in [6, 6.07) is 5.65. The van der Waals surface area contributed by atoms with E-state index >= 15 is 0 Å². The molecule has 0 aromatic heterocycles. The Hall–Kier alpha value is -1.51. The largest absolute Gasteiger partial charge is 0.478 e. The second kappa shape index (κ2) is 8.21. The van der Waals surface area contributed by atoms with Crippen molar-refractivity contribution in [2.45, 2.75) is 78.2 Å². The third-order valence-corrected chi connectivity index (χ3v) is 3.89. The van der Waals surface area contributed by atoms with Crippen LogP contribution in [0, 0.1) is 0 Å².